The van der Waals surface area contributed by atoms with Crippen LogP contribution in [0, 0.1) is 10.8 Å². The monoisotopic (exact) mass is 353 g/mol. The van der Waals surface area contributed by atoms with Crippen LogP contribution < -0.4 is 0 Å². The van der Waals surface area contributed by atoms with Crippen molar-refractivity contribution in [3.8, 4) is 0 Å². The van der Waals surface area contributed by atoms with E-state index in [2.05, 4.69) is 0 Å². The molecule has 1 N–H and O–H groups in total. The molecule has 0 aromatic rings. The van der Waals surface area contributed by atoms with Crippen LogP contribution in [0.4, 0.5) is 0 Å². The highest BCUT2D eigenvalue weighted by molar-refractivity contribution is 7.85. The number of ether oxygens (including phenoxy) is 2. The topological polar surface area (TPSA) is 110 Å². The minimum absolute atomic E-state index is 0.198. The number of carbonyl (C=O) groups is 2. The van der Waals surface area contributed by atoms with Crippen molar-refractivity contribution >= 4 is 22.1 Å². The minimum atomic E-state index is -4.21. The molecule has 0 saturated carbocycles. The maximum atomic E-state index is 12.2. The summed E-state index contributed by atoms with van der Waals surface area (Å²) in [5.74, 6) is -1.98. The van der Waals surface area contributed by atoms with Crippen LogP contribution in [0.2, 0.25) is 0 Å². The number of esters is 2. The number of nitrogens with zero attached hydrogens (tertiary/aromatic N) is 1. The van der Waals surface area contributed by atoms with Crippen LogP contribution in [0.3, 0.4) is 0 Å². The fourth-order valence-electron chi connectivity index (χ4n) is 1.43. The number of hydrogen-bond acceptors (Lipinski definition) is 7. The number of likely N-dealkylation sites (N-methyl/N-ethyl adjacent to an activating group) is 1. The normalized spacial score (nSPS) is 13.0. The molecule has 0 spiro atoms. The van der Waals surface area contributed by atoms with Gasteiger partial charge in [0.2, 0.25) is 0 Å². The highest BCUT2D eigenvalue weighted by Gasteiger charge is 2.50. The Balaban J connectivity index is 4.79. The van der Waals surface area contributed by atoms with Gasteiger partial charge in [-0.15, -0.1) is 0 Å². The molecular formula is C14H27NO7S. The molecule has 0 radical (unpaired) electrons. The summed E-state index contributed by atoms with van der Waals surface area (Å²) in [6, 6.07) is 0. The minimum Gasteiger partial charge on any atom is -0.464 e. The third kappa shape index (κ3) is 6.84. The van der Waals surface area contributed by atoms with Gasteiger partial charge in [-0.1, -0.05) is 0 Å². The van der Waals surface area contributed by atoms with Gasteiger partial charge in [0.1, 0.15) is 19.0 Å². The molecule has 23 heavy (non-hydrogen) atoms. The van der Waals surface area contributed by atoms with Gasteiger partial charge in [-0.3, -0.25) is 14.1 Å². The van der Waals surface area contributed by atoms with Gasteiger partial charge in [-0.25, -0.2) is 0 Å². The van der Waals surface area contributed by atoms with Crippen molar-refractivity contribution in [2.24, 2.45) is 10.8 Å². The molecule has 0 aliphatic heterocycles. The molecule has 0 bridgehead atoms. The Morgan fingerprint density at radius 2 is 1.35 bits per heavy atom. The lowest BCUT2D eigenvalue weighted by molar-refractivity contribution is -0.175. The molecule has 136 valence electrons. The zero-order chi connectivity index (χ0) is 18.5. The zero-order valence-corrected chi connectivity index (χ0v) is 15.4. The fourth-order valence-corrected chi connectivity index (χ4v) is 1.73. The van der Waals surface area contributed by atoms with E-state index >= 15 is 0 Å². The number of rotatable bonds is 9. The molecule has 0 rings (SSSR count). The predicted molar refractivity (Wildman–Crippen MR) is 84.4 cm³/mol. The Kier molecular flexibility index (Phi) is 7.65. The molecular weight excluding hydrogens is 326 g/mol. The maximum absolute atomic E-state index is 12.2. The van der Waals surface area contributed by atoms with E-state index in [1.165, 1.54) is 13.8 Å². The SMILES string of the molecule is CN(C)CCOC(=O)C(C)(C)C(C)(C)C(=O)OCCS(=O)(=O)O. The Hall–Kier alpha value is -1.19. The third-order valence-electron chi connectivity index (χ3n) is 3.93. The lowest BCUT2D eigenvalue weighted by atomic mass is 9.68. The lowest BCUT2D eigenvalue weighted by Gasteiger charge is -2.37. The molecule has 8 nitrogen and oxygen atoms in total. The largest absolute Gasteiger partial charge is 0.464 e. The fraction of sp³-hybridized carbons (Fsp3) is 0.857. The van der Waals surface area contributed by atoms with Crippen molar-refractivity contribution in [1.82, 2.24) is 4.90 Å². The van der Waals surface area contributed by atoms with Gasteiger partial charge >= 0.3 is 11.9 Å². The van der Waals surface area contributed by atoms with Crippen LogP contribution in [0.1, 0.15) is 27.7 Å². The van der Waals surface area contributed by atoms with E-state index in [1.807, 2.05) is 19.0 Å². The van der Waals surface area contributed by atoms with Gasteiger partial charge in [-0.05, 0) is 41.8 Å². The van der Waals surface area contributed by atoms with E-state index in [4.69, 9.17) is 14.0 Å². The Morgan fingerprint density at radius 1 is 0.957 bits per heavy atom. The molecule has 0 aliphatic rings. The van der Waals surface area contributed by atoms with E-state index in [-0.39, 0.29) is 6.61 Å². The first-order valence-corrected chi connectivity index (χ1v) is 8.77. The van der Waals surface area contributed by atoms with Gasteiger partial charge in [0, 0.05) is 6.54 Å². The summed E-state index contributed by atoms with van der Waals surface area (Å²) in [4.78, 5) is 26.3. The standard InChI is InChI=1S/C14H27NO7S/c1-13(2,11(16)21-8-7-15(5)6)14(3,4)12(17)22-9-10-23(18,19)20/h7-10H2,1-6H3,(H,18,19,20). The second-order valence-corrected chi connectivity index (χ2v) is 8.18. The Bertz CT molecular complexity index is 523. The average Bonchev–Trinajstić information content (AvgIpc) is 2.35. The molecule has 9 heteroatoms. The van der Waals surface area contributed by atoms with E-state index in [1.54, 1.807) is 13.8 Å². The molecule has 0 heterocycles. The molecule has 0 amide bonds. The summed E-state index contributed by atoms with van der Waals surface area (Å²) in [5, 5.41) is 0. The van der Waals surface area contributed by atoms with Gasteiger partial charge < -0.3 is 14.4 Å². The Morgan fingerprint density at radius 3 is 1.70 bits per heavy atom. The number of hydrogen-bond donors (Lipinski definition) is 1. The maximum Gasteiger partial charge on any atom is 0.312 e. The first-order chi connectivity index (χ1) is 10.2. The van der Waals surface area contributed by atoms with Gasteiger partial charge in [0.25, 0.3) is 10.1 Å². The molecule has 0 aromatic heterocycles. The summed E-state index contributed by atoms with van der Waals surface area (Å²) >= 11 is 0. The molecule has 0 atom stereocenters. The highest BCUT2D eigenvalue weighted by atomic mass is 32.2. The van der Waals surface area contributed by atoms with E-state index in [0.717, 1.165) is 0 Å². The molecule has 0 unspecified atom stereocenters. The lowest BCUT2D eigenvalue weighted by Crippen LogP contribution is -2.47. The van der Waals surface area contributed by atoms with Crippen LogP contribution >= 0.6 is 0 Å². The summed E-state index contributed by atoms with van der Waals surface area (Å²) in [7, 11) is -0.525. The molecule has 0 saturated heterocycles. The van der Waals surface area contributed by atoms with Crippen molar-refractivity contribution < 1.29 is 32.0 Å². The summed E-state index contributed by atoms with van der Waals surface area (Å²) in [6.07, 6.45) is 0. The molecule has 0 fully saturated rings. The van der Waals surface area contributed by atoms with Crippen molar-refractivity contribution in [1.29, 1.82) is 0 Å². The van der Waals surface area contributed by atoms with Crippen LogP contribution in [0.25, 0.3) is 0 Å². The van der Waals surface area contributed by atoms with Crippen LogP contribution in [-0.4, -0.2) is 69.4 Å². The van der Waals surface area contributed by atoms with Crippen LogP contribution in [-0.2, 0) is 29.2 Å². The predicted octanol–water partition coefficient (Wildman–Crippen LogP) is 0.575. The van der Waals surface area contributed by atoms with Gasteiger partial charge in [0.15, 0.2) is 0 Å². The zero-order valence-electron chi connectivity index (χ0n) is 14.6. The van der Waals surface area contributed by atoms with Crippen LogP contribution in [0.5, 0.6) is 0 Å². The van der Waals surface area contributed by atoms with Crippen LogP contribution in [0.15, 0.2) is 0 Å². The van der Waals surface area contributed by atoms with Crippen molar-refractivity contribution in [2.45, 2.75) is 27.7 Å². The highest BCUT2D eigenvalue weighted by Crippen LogP contribution is 2.40. The van der Waals surface area contributed by atoms with E-state index < -0.39 is 45.2 Å². The summed E-state index contributed by atoms with van der Waals surface area (Å²) in [6.45, 7) is 6.45. The van der Waals surface area contributed by atoms with Crippen molar-refractivity contribution in [3.05, 3.63) is 0 Å². The van der Waals surface area contributed by atoms with Gasteiger partial charge in [-0.2, -0.15) is 8.42 Å². The third-order valence-corrected chi connectivity index (χ3v) is 4.61. The first kappa shape index (κ1) is 21.8. The smallest absolute Gasteiger partial charge is 0.312 e. The quantitative estimate of drug-likeness (QED) is 0.473. The second-order valence-electron chi connectivity index (χ2n) is 6.61. The Labute approximate surface area is 137 Å². The van der Waals surface area contributed by atoms with Crippen molar-refractivity contribution in [2.75, 3.05) is 39.6 Å². The molecule has 0 aromatic carbocycles. The number of carbonyl (C=O) groups excluding carboxylic acids is 2. The first-order valence-electron chi connectivity index (χ1n) is 7.16. The van der Waals surface area contributed by atoms with E-state index in [9.17, 15) is 18.0 Å². The molecule has 0 aliphatic carbocycles. The summed E-state index contributed by atoms with van der Waals surface area (Å²) in [5.41, 5.74) is -2.41. The van der Waals surface area contributed by atoms with Crippen molar-refractivity contribution in [3.63, 3.8) is 0 Å². The van der Waals surface area contributed by atoms with Gasteiger partial charge in [0.05, 0.1) is 10.8 Å². The average molecular weight is 353 g/mol. The summed E-state index contributed by atoms with van der Waals surface area (Å²) < 4.78 is 39.9. The van der Waals surface area contributed by atoms with E-state index in [0.29, 0.717) is 6.54 Å². The second kappa shape index (κ2) is 8.07.